The molecule has 0 aliphatic carbocycles. The quantitative estimate of drug-likeness (QED) is 0.776. The number of aromatic nitrogens is 1. The molecule has 4 nitrogen and oxygen atoms in total. The first kappa shape index (κ1) is 14.9. The minimum absolute atomic E-state index is 0.424. The first-order valence-corrected chi connectivity index (χ1v) is 7.33. The van der Waals surface area contributed by atoms with E-state index in [1.807, 2.05) is 54.6 Å². The van der Waals surface area contributed by atoms with Gasteiger partial charge < -0.3 is 15.2 Å². The van der Waals surface area contributed by atoms with E-state index in [-0.39, 0.29) is 0 Å². The third-order valence-electron chi connectivity index (χ3n) is 3.52. The van der Waals surface area contributed by atoms with Gasteiger partial charge in [-0.2, -0.15) is 0 Å². The lowest BCUT2D eigenvalue weighted by molar-refractivity contribution is 0.307. The Balaban J connectivity index is 1.92. The predicted octanol–water partition coefficient (Wildman–Crippen LogP) is 3.92. The van der Waals surface area contributed by atoms with Gasteiger partial charge in [0, 0.05) is 23.4 Å². The second-order valence-electron chi connectivity index (χ2n) is 5.08. The number of nitrogens with zero attached hydrogens (tertiary/aromatic N) is 1. The lowest BCUT2D eigenvalue weighted by Crippen LogP contribution is -1.99. The van der Waals surface area contributed by atoms with Crippen molar-refractivity contribution in [1.29, 1.82) is 0 Å². The minimum Gasteiger partial charge on any atom is -0.496 e. The zero-order valence-corrected chi connectivity index (χ0v) is 12.9. The summed E-state index contributed by atoms with van der Waals surface area (Å²) in [6, 6.07) is 19.6. The molecule has 2 N–H and O–H groups in total. The second kappa shape index (κ2) is 6.83. The average molecular weight is 306 g/mol. The highest BCUT2D eigenvalue weighted by Gasteiger charge is 2.12. The van der Waals surface area contributed by atoms with Crippen LogP contribution in [0.5, 0.6) is 11.5 Å². The largest absolute Gasteiger partial charge is 0.496 e. The standard InChI is InChI=1S/C19H18N2O2/c1-22-18-11-19(20)21-12-16(18)15-9-5-6-10-17(15)23-13-14-7-3-2-4-8-14/h2-12H,13H2,1H3,(H2,20,21). The number of hydrogen-bond donors (Lipinski definition) is 1. The molecule has 1 aromatic heterocycles. The van der Waals surface area contributed by atoms with Gasteiger partial charge in [0.2, 0.25) is 0 Å². The van der Waals surface area contributed by atoms with Crippen LogP contribution >= 0.6 is 0 Å². The second-order valence-corrected chi connectivity index (χ2v) is 5.08. The minimum atomic E-state index is 0.424. The van der Waals surface area contributed by atoms with Gasteiger partial charge in [0.05, 0.1) is 7.11 Å². The zero-order valence-electron chi connectivity index (χ0n) is 12.9. The fourth-order valence-corrected chi connectivity index (χ4v) is 2.37. The summed E-state index contributed by atoms with van der Waals surface area (Å²) >= 11 is 0. The first-order valence-electron chi connectivity index (χ1n) is 7.33. The molecule has 0 bridgehead atoms. The fraction of sp³-hybridized carbons (Fsp3) is 0.105. The Hall–Kier alpha value is -3.01. The summed E-state index contributed by atoms with van der Waals surface area (Å²) < 4.78 is 11.4. The molecule has 0 radical (unpaired) electrons. The Morgan fingerprint density at radius 3 is 2.43 bits per heavy atom. The smallest absolute Gasteiger partial charge is 0.132 e. The first-order chi connectivity index (χ1) is 11.3. The molecule has 0 spiro atoms. The Bertz CT molecular complexity index is 788. The molecule has 0 unspecified atom stereocenters. The van der Waals surface area contributed by atoms with E-state index in [9.17, 15) is 0 Å². The number of rotatable bonds is 5. The molecule has 3 aromatic rings. The maximum atomic E-state index is 5.99. The topological polar surface area (TPSA) is 57.4 Å². The summed E-state index contributed by atoms with van der Waals surface area (Å²) in [7, 11) is 1.62. The van der Waals surface area contributed by atoms with E-state index in [2.05, 4.69) is 4.98 Å². The van der Waals surface area contributed by atoms with E-state index < -0.39 is 0 Å². The van der Waals surface area contributed by atoms with Crippen LogP contribution in [-0.4, -0.2) is 12.1 Å². The van der Waals surface area contributed by atoms with Crippen molar-refractivity contribution in [3.8, 4) is 22.6 Å². The van der Waals surface area contributed by atoms with Crippen LogP contribution < -0.4 is 15.2 Å². The number of methoxy groups -OCH3 is 1. The Morgan fingerprint density at radius 1 is 0.913 bits per heavy atom. The van der Waals surface area contributed by atoms with E-state index >= 15 is 0 Å². The van der Waals surface area contributed by atoms with Crippen LogP contribution in [0.25, 0.3) is 11.1 Å². The number of para-hydroxylation sites is 1. The SMILES string of the molecule is COc1cc(N)ncc1-c1ccccc1OCc1ccccc1. The number of pyridine rings is 1. The van der Waals surface area contributed by atoms with E-state index in [1.54, 1.807) is 19.4 Å². The molecule has 4 heteroatoms. The van der Waals surface area contributed by atoms with E-state index in [0.717, 1.165) is 22.4 Å². The molecule has 3 rings (SSSR count). The molecular formula is C19H18N2O2. The van der Waals surface area contributed by atoms with Crippen LogP contribution in [0.4, 0.5) is 5.82 Å². The maximum Gasteiger partial charge on any atom is 0.132 e. The third-order valence-corrected chi connectivity index (χ3v) is 3.52. The van der Waals surface area contributed by atoms with Crippen molar-refractivity contribution in [1.82, 2.24) is 4.98 Å². The predicted molar refractivity (Wildman–Crippen MR) is 91.4 cm³/mol. The highest BCUT2D eigenvalue weighted by Crippen LogP contribution is 2.36. The fourth-order valence-electron chi connectivity index (χ4n) is 2.37. The summed E-state index contributed by atoms with van der Waals surface area (Å²) in [5, 5.41) is 0. The molecule has 0 fully saturated rings. The lowest BCUT2D eigenvalue weighted by Gasteiger charge is -2.14. The molecule has 2 aromatic carbocycles. The van der Waals surface area contributed by atoms with E-state index in [1.165, 1.54) is 0 Å². The van der Waals surface area contributed by atoms with Crippen molar-refractivity contribution in [2.24, 2.45) is 0 Å². The van der Waals surface area contributed by atoms with Crippen molar-refractivity contribution in [2.75, 3.05) is 12.8 Å². The molecular weight excluding hydrogens is 288 g/mol. The maximum absolute atomic E-state index is 5.99. The summed E-state index contributed by atoms with van der Waals surface area (Å²) in [4.78, 5) is 4.17. The van der Waals surface area contributed by atoms with Crippen molar-refractivity contribution in [2.45, 2.75) is 6.61 Å². The van der Waals surface area contributed by atoms with Gasteiger partial charge in [-0.3, -0.25) is 0 Å². The number of anilines is 1. The van der Waals surface area contributed by atoms with E-state index in [4.69, 9.17) is 15.2 Å². The molecule has 116 valence electrons. The Kier molecular flexibility index (Phi) is 4.43. The van der Waals surface area contributed by atoms with Gasteiger partial charge in [0.1, 0.15) is 23.9 Å². The normalized spacial score (nSPS) is 10.3. The van der Waals surface area contributed by atoms with Crippen LogP contribution in [-0.2, 0) is 6.61 Å². The monoisotopic (exact) mass is 306 g/mol. The van der Waals surface area contributed by atoms with Gasteiger partial charge in [-0.1, -0.05) is 48.5 Å². The molecule has 1 heterocycles. The molecule has 0 aliphatic rings. The van der Waals surface area contributed by atoms with Crippen molar-refractivity contribution < 1.29 is 9.47 Å². The highest BCUT2D eigenvalue weighted by atomic mass is 16.5. The van der Waals surface area contributed by atoms with E-state index in [0.29, 0.717) is 18.2 Å². The number of nitrogens with two attached hydrogens (primary N) is 1. The highest BCUT2D eigenvalue weighted by molar-refractivity contribution is 5.76. The summed E-state index contributed by atoms with van der Waals surface area (Å²) in [6.45, 7) is 0.503. The number of benzene rings is 2. The molecule has 0 saturated heterocycles. The van der Waals surface area contributed by atoms with Gasteiger partial charge in [0.15, 0.2) is 0 Å². The number of hydrogen-bond acceptors (Lipinski definition) is 4. The van der Waals surface area contributed by atoms with Gasteiger partial charge in [-0.05, 0) is 11.6 Å². The summed E-state index contributed by atoms with van der Waals surface area (Å²) in [6.07, 6.45) is 1.71. The van der Waals surface area contributed by atoms with Crippen LogP contribution in [0.1, 0.15) is 5.56 Å². The molecule has 0 saturated carbocycles. The summed E-state index contributed by atoms with van der Waals surface area (Å²) in [5.74, 6) is 1.88. The third kappa shape index (κ3) is 3.43. The van der Waals surface area contributed by atoms with Gasteiger partial charge in [-0.15, -0.1) is 0 Å². The lowest BCUT2D eigenvalue weighted by atomic mass is 10.1. The zero-order chi connectivity index (χ0) is 16.1. The van der Waals surface area contributed by atoms with Gasteiger partial charge in [-0.25, -0.2) is 4.98 Å². The summed E-state index contributed by atoms with van der Waals surface area (Å²) in [5.41, 5.74) is 8.62. The average Bonchev–Trinajstić information content (AvgIpc) is 2.61. The van der Waals surface area contributed by atoms with Crippen LogP contribution in [0, 0.1) is 0 Å². The van der Waals surface area contributed by atoms with Crippen molar-refractivity contribution in [3.05, 3.63) is 72.4 Å². The molecule has 23 heavy (non-hydrogen) atoms. The number of ether oxygens (including phenoxy) is 2. The molecule has 0 amide bonds. The van der Waals surface area contributed by atoms with Gasteiger partial charge in [0.25, 0.3) is 0 Å². The van der Waals surface area contributed by atoms with Crippen LogP contribution in [0.2, 0.25) is 0 Å². The molecule has 0 aliphatic heterocycles. The molecule has 0 atom stereocenters. The number of nitrogen functional groups attached to an aromatic ring is 1. The van der Waals surface area contributed by atoms with Crippen molar-refractivity contribution >= 4 is 5.82 Å². The van der Waals surface area contributed by atoms with Crippen molar-refractivity contribution in [3.63, 3.8) is 0 Å². The van der Waals surface area contributed by atoms with Crippen LogP contribution in [0.3, 0.4) is 0 Å². The Morgan fingerprint density at radius 2 is 1.65 bits per heavy atom. The van der Waals surface area contributed by atoms with Crippen LogP contribution in [0.15, 0.2) is 66.9 Å². The Labute approximate surface area is 135 Å². The van der Waals surface area contributed by atoms with Gasteiger partial charge >= 0.3 is 0 Å².